The number of hydrogen-bond acceptors (Lipinski definition) is 5. The van der Waals surface area contributed by atoms with E-state index in [1.54, 1.807) is 31.2 Å². The summed E-state index contributed by atoms with van der Waals surface area (Å²) in [5.41, 5.74) is 6.61. The van der Waals surface area contributed by atoms with Crippen molar-refractivity contribution < 1.29 is 19.1 Å². The second-order valence-electron chi connectivity index (χ2n) is 3.78. The van der Waals surface area contributed by atoms with Crippen LogP contribution in [0, 0.1) is 0 Å². The molecule has 0 amide bonds. The van der Waals surface area contributed by atoms with Crippen molar-refractivity contribution in [2.24, 2.45) is 5.73 Å². The van der Waals surface area contributed by atoms with Gasteiger partial charge in [-0.1, -0.05) is 12.1 Å². The van der Waals surface area contributed by atoms with Crippen LogP contribution in [0.5, 0.6) is 5.75 Å². The Balaban J connectivity index is 2.70. The Kier molecular flexibility index (Phi) is 5.32. The van der Waals surface area contributed by atoms with Gasteiger partial charge in [0, 0.05) is 13.0 Å². The first kappa shape index (κ1) is 14.2. The molecule has 1 rings (SSSR count). The van der Waals surface area contributed by atoms with Gasteiger partial charge in [-0.25, -0.2) is 0 Å². The Morgan fingerprint density at radius 1 is 1.39 bits per heavy atom. The number of ether oxygens (including phenoxy) is 2. The molecule has 1 aromatic rings. The molecule has 0 fully saturated rings. The van der Waals surface area contributed by atoms with Crippen LogP contribution in [0.4, 0.5) is 0 Å². The zero-order valence-electron chi connectivity index (χ0n) is 10.5. The minimum Gasteiger partial charge on any atom is -0.466 e. The molecule has 0 saturated heterocycles. The molecule has 0 spiro atoms. The molecule has 5 heteroatoms. The highest BCUT2D eigenvalue weighted by Gasteiger charge is 2.13. The van der Waals surface area contributed by atoms with E-state index < -0.39 is 12.0 Å². The molecule has 0 aliphatic heterocycles. The predicted molar refractivity (Wildman–Crippen MR) is 65.9 cm³/mol. The minimum absolute atomic E-state index is 0.0946. The van der Waals surface area contributed by atoms with Gasteiger partial charge in [0.25, 0.3) is 0 Å². The summed E-state index contributed by atoms with van der Waals surface area (Å²) in [7, 11) is 0. The van der Waals surface area contributed by atoms with Crippen molar-refractivity contribution in [2.45, 2.75) is 26.3 Å². The van der Waals surface area contributed by atoms with Crippen LogP contribution < -0.4 is 10.5 Å². The van der Waals surface area contributed by atoms with Gasteiger partial charge >= 0.3 is 11.9 Å². The van der Waals surface area contributed by atoms with Crippen molar-refractivity contribution in [3.8, 4) is 5.75 Å². The molecule has 0 saturated carbocycles. The fourth-order valence-corrected chi connectivity index (χ4v) is 1.49. The van der Waals surface area contributed by atoms with Gasteiger partial charge in [-0.2, -0.15) is 0 Å². The molecule has 0 aliphatic rings. The molecule has 0 aromatic heterocycles. The predicted octanol–water partition coefficient (Wildman–Crippen LogP) is 1.56. The van der Waals surface area contributed by atoms with Crippen molar-refractivity contribution >= 4 is 11.9 Å². The third-order valence-electron chi connectivity index (χ3n) is 2.24. The number of carbonyl (C=O) groups is 2. The number of rotatable bonds is 5. The standard InChI is InChI=1S/C13H17NO4/c1-3-17-13(16)8-12(14)10-5-4-6-11(7-10)18-9(2)15/h4-7,12H,3,8,14H2,1-2H3/t12-/m1/s1. The molecule has 0 aliphatic carbocycles. The van der Waals surface area contributed by atoms with Crippen LogP contribution in [0.1, 0.15) is 31.9 Å². The molecule has 1 aromatic carbocycles. The summed E-state index contributed by atoms with van der Waals surface area (Å²) in [4.78, 5) is 22.1. The maximum absolute atomic E-state index is 11.3. The maximum Gasteiger partial charge on any atom is 0.308 e. The van der Waals surface area contributed by atoms with Gasteiger partial charge in [-0.05, 0) is 24.6 Å². The van der Waals surface area contributed by atoms with E-state index in [4.69, 9.17) is 15.2 Å². The van der Waals surface area contributed by atoms with E-state index in [-0.39, 0.29) is 12.4 Å². The highest BCUT2D eigenvalue weighted by Crippen LogP contribution is 2.20. The molecular formula is C13H17NO4. The molecule has 1 atom stereocenters. The lowest BCUT2D eigenvalue weighted by Gasteiger charge is -2.12. The normalized spacial score (nSPS) is 11.7. The molecule has 0 radical (unpaired) electrons. The van der Waals surface area contributed by atoms with E-state index in [9.17, 15) is 9.59 Å². The average Bonchev–Trinajstić information content (AvgIpc) is 2.28. The van der Waals surface area contributed by atoms with E-state index in [1.165, 1.54) is 6.92 Å². The smallest absolute Gasteiger partial charge is 0.308 e. The van der Waals surface area contributed by atoms with Crippen molar-refractivity contribution in [3.63, 3.8) is 0 Å². The second-order valence-corrected chi connectivity index (χ2v) is 3.78. The summed E-state index contributed by atoms with van der Waals surface area (Å²) >= 11 is 0. The highest BCUT2D eigenvalue weighted by atomic mass is 16.5. The van der Waals surface area contributed by atoms with E-state index in [0.717, 1.165) is 5.56 Å². The van der Waals surface area contributed by atoms with E-state index >= 15 is 0 Å². The summed E-state index contributed by atoms with van der Waals surface area (Å²) in [6.45, 7) is 3.40. The molecule has 5 nitrogen and oxygen atoms in total. The fraction of sp³-hybridized carbons (Fsp3) is 0.385. The lowest BCUT2D eigenvalue weighted by molar-refractivity contribution is -0.143. The Hall–Kier alpha value is -1.88. The van der Waals surface area contributed by atoms with Gasteiger partial charge in [0.1, 0.15) is 5.75 Å². The van der Waals surface area contributed by atoms with Gasteiger partial charge < -0.3 is 15.2 Å². The van der Waals surface area contributed by atoms with Crippen molar-refractivity contribution in [3.05, 3.63) is 29.8 Å². The first-order valence-electron chi connectivity index (χ1n) is 5.72. The SMILES string of the molecule is CCOC(=O)C[C@@H](N)c1cccc(OC(C)=O)c1. The van der Waals surface area contributed by atoms with Gasteiger partial charge in [-0.3, -0.25) is 9.59 Å². The van der Waals surface area contributed by atoms with Crippen LogP contribution in [0.2, 0.25) is 0 Å². The molecule has 98 valence electrons. The van der Waals surface area contributed by atoms with E-state index in [1.807, 2.05) is 0 Å². The van der Waals surface area contributed by atoms with Gasteiger partial charge in [-0.15, -0.1) is 0 Å². The van der Waals surface area contributed by atoms with Crippen LogP contribution in [-0.4, -0.2) is 18.5 Å². The lowest BCUT2D eigenvalue weighted by Crippen LogP contribution is -2.17. The third-order valence-corrected chi connectivity index (χ3v) is 2.24. The van der Waals surface area contributed by atoms with Crippen LogP contribution in [-0.2, 0) is 14.3 Å². The summed E-state index contributed by atoms with van der Waals surface area (Å²) in [5, 5.41) is 0. The molecule has 0 unspecified atom stereocenters. The van der Waals surface area contributed by atoms with E-state index in [2.05, 4.69) is 0 Å². The molecular weight excluding hydrogens is 234 g/mol. The molecule has 0 bridgehead atoms. The van der Waals surface area contributed by atoms with Crippen LogP contribution in [0.3, 0.4) is 0 Å². The van der Waals surface area contributed by atoms with Crippen LogP contribution in [0.15, 0.2) is 24.3 Å². The van der Waals surface area contributed by atoms with Crippen LogP contribution in [0.25, 0.3) is 0 Å². The van der Waals surface area contributed by atoms with Crippen LogP contribution >= 0.6 is 0 Å². The lowest BCUT2D eigenvalue weighted by atomic mass is 10.0. The maximum atomic E-state index is 11.3. The largest absolute Gasteiger partial charge is 0.466 e. The number of esters is 2. The number of nitrogens with two attached hydrogens (primary N) is 1. The third kappa shape index (κ3) is 4.55. The van der Waals surface area contributed by atoms with Gasteiger partial charge in [0.2, 0.25) is 0 Å². The Bertz CT molecular complexity index is 431. The topological polar surface area (TPSA) is 78.6 Å². The Morgan fingerprint density at radius 3 is 2.72 bits per heavy atom. The minimum atomic E-state index is -0.473. The zero-order valence-corrected chi connectivity index (χ0v) is 10.5. The van der Waals surface area contributed by atoms with Crippen molar-refractivity contribution in [1.29, 1.82) is 0 Å². The first-order valence-corrected chi connectivity index (χ1v) is 5.72. The molecule has 18 heavy (non-hydrogen) atoms. The number of carbonyl (C=O) groups excluding carboxylic acids is 2. The van der Waals surface area contributed by atoms with Crippen molar-refractivity contribution in [1.82, 2.24) is 0 Å². The van der Waals surface area contributed by atoms with E-state index in [0.29, 0.717) is 12.4 Å². The monoisotopic (exact) mass is 251 g/mol. The van der Waals surface area contributed by atoms with Gasteiger partial charge in [0.15, 0.2) is 0 Å². The summed E-state index contributed by atoms with van der Waals surface area (Å²) in [6.07, 6.45) is 0.0946. The highest BCUT2D eigenvalue weighted by molar-refractivity contribution is 5.71. The quantitative estimate of drug-likeness (QED) is 0.634. The Labute approximate surface area is 106 Å². The first-order chi connectivity index (χ1) is 8.52. The molecule has 2 N–H and O–H groups in total. The summed E-state index contributed by atoms with van der Waals surface area (Å²) in [5.74, 6) is -0.326. The number of benzene rings is 1. The zero-order chi connectivity index (χ0) is 13.5. The Morgan fingerprint density at radius 2 is 2.11 bits per heavy atom. The number of hydrogen-bond donors (Lipinski definition) is 1. The summed E-state index contributed by atoms with van der Waals surface area (Å²) in [6, 6.07) is 6.32. The van der Waals surface area contributed by atoms with Crippen molar-refractivity contribution in [2.75, 3.05) is 6.61 Å². The second kappa shape index (κ2) is 6.76. The average molecular weight is 251 g/mol. The summed E-state index contributed by atoms with van der Waals surface area (Å²) < 4.78 is 9.77. The molecule has 0 heterocycles. The van der Waals surface area contributed by atoms with Gasteiger partial charge in [0.05, 0.1) is 13.0 Å². The fourth-order valence-electron chi connectivity index (χ4n) is 1.49.